The number of nitrogens with zero attached hydrogens (tertiary/aromatic N) is 1. The van der Waals surface area contributed by atoms with E-state index in [2.05, 4.69) is 0 Å². The number of aliphatic carboxylic acids is 1. The van der Waals surface area contributed by atoms with Crippen molar-refractivity contribution in [3.63, 3.8) is 0 Å². The minimum absolute atomic E-state index is 0.456. The molecule has 1 aliphatic carbocycles. The highest BCUT2D eigenvalue weighted by Crippen LogP contribution is 2.40. The second-order valence-electron chi connectivity index (χ2n) is 4.37. The average molecular weight is 285 g/mol. The lowest BCUT2D eigenvalue weighted by Crippen LogP contribution is -2.32. The molecule has 1 saturated carbocycles. The summed E-state index contributed by atoms with van der Waals surface area (Å²) in [6, 6.07) is 4.81. The van der Waals surface area contributed by atoms with Crippen LogP contribution in [0, 0.1) is 16.0 Å². The van der Waals surface area contributed by atoms with Crippen LogP contribution in [0.4, 0.5) is 5.69 Å². The van der Waals surface area contributed by atoms with Crippen LogP contribution in [0.1, 0.15) is 12.8 Å². The number of carboxylic acids is 1. The molecule has 7 nitrogen and oxygen atoms in total. The van der Waals surface area contributed by atoms with Gasteiger partial charge in [-0.2, -0.15) is 0 Å². The van der Waals surface area contributed by atoms with E-state index in [0.717, 1.165) is 12.1 Å². The van der Waals surface area contributed by atoms with Crippen LogP contribution in [-0.4, -0.2) is 29.7 Å². The van der Waals surface area contributed by atoms with Crippen molar-refractivity contribution >= 4 is 21.5 Å². The van der Waals surface area contributed by atoms with Crippen LogP contribution in [0.2, 0.25) is 0 Å². The van der Waals surface area contributed by atoms with E-state index in [0.29, 0.717) is 12.8 Å². The number of para-hydroxylation sites is 1. The van der Waals surface area contributed by atoms with E-state index in [1.807, 2.05) is 0 Å². The Hall–Kier alpha value is -1.96. The predicted molar refractivity (Wildman–Crippen MR) is 64.4 cm³/mol. The van der Waals surface area contributed by atoms with Crippen molar-refractivity contribution in [3.05, 3.63) is 34.4 Å². The summed E-state index contributed by atoms with van der Waals surface area (Å²) in [4.78, 5) is 20.6. The molecular formula is C11H11NO6S. The summed E-state index contributed by atoms with van der Waals surface area (Å²) in [6.45, 7) is 0. The molecule has 2 rings (SSSR count). The van der Waals surface area contributed by atoms with Crippen molar-refractivity contribution in [3.8, 4) is 0 Å². The monoisotopic (exact) mass is 285 g/mol. The molecule has 0 bridgehead atoms. The summed E-state index contributed by atoms with van der Waals surface area (Å²) < 4.78 is 24.6. The summed E-state index contributed by atoms with van der Waals surface area (Å²) in [6.07, 6.45) is 1.02. The van der Waals surface area contributed by atoms with Crippen LogP contribution >= 0.6 is 0 Å². The van der Waals surface area contributed by atoms with E-state index in [1.165, 1.54) is 12.1 Å². The van der Waals surface area contributed by atoms with Crippen molar-refractivity contribution in [1.82, 2.24) is 0 Å². The Kier molecular flexibility index (Phi) is 3.27. The number of sulfone groups is 1. The van der Waals surface area contributed by atoms with Crippen molar-refractivity contribution in [2.45, 2.75) is 23.0 Å². The maximum Gasteiger partial charge on any atom is 0.322 e. The zero-order valence-corrected chi connectivity index (χ0v) is 10.5. The fraction of sp³-hybridized carbons (Fsp3) is 0.364. The van der Waals surface area contributed by atoms with E-state index in [4.69, 9.17) is 5.11 Å². The summed E-state index contributed by atoms with van der Waals surface area (Å²) >= 11 is 0. The average Bonchev–Trinajstić information content (AvgIpc) is 3.12. The van der Waals surface area contributed by atoms with Gasteiger partial charge in [0.1, 0.15) is 4.90 Å². The quantitative estimate of drug-likeness (QED) is 0.642. The Morgan fingerprint density at radius 1 is 1.37 bits per heavy atom. The molecule has 0 amide bonds. The van der Waals surface area contributed by atoms with Gasteiger partial charge in [-0.3, -0.25) is 14.9 Å². The van der Waals surface area contributed by atoms with Gasteiger partial charge in [0, 0.05) is 6.07 Å². The highest BCUT2D eigenvalue weighted by atomic mass is 32.2. The Balaban J connectivity index is 2.56. The van der Waals surface area contributed by atoms with Crippen LogP contribution < -0.4 is 0 Å². The van der Waals surface area contributed by atoms with Crippen LogP contribution in [-0.2, 0) is 14.6 Å². The van der Waals surface area contributed by atoms with E-state index in [-0.39, 0.29) is 0 Å². The Morgan fingerprint density at radius 3 is 2.42 bits per heavy atom. The zero-order chi connectivity index (χ0) is 14.2. The molecule has 1 N–H and O–H groups in total. The lowest BCUT2D eigenvalue weighted by molar-refractivity contribution is -0.387. The first kappa shape index (κ1) is 13.5. The van der Waals surface area contributed by atoms with Gasteiger partial charge in [0.15, 0.2) is 15.1 Å². The fourth-order valence-corrected chi connectivity index (χ4v) is 3.99. The van der Waals surface area contributed by atoms with Gasteiger partial charge >= 0.3 is 5.97 Å². The summed E-state index contributed by atoms with van der Waals surface area (Å²) in [5.41, 5.74) is -0.589. The molecule has 1 aromatic carbocycles. The molecule has 1 fully saturated rings. The molecule has 0 heterocycles. The van der Waals surface area contributed by atoms with Crippen molar-refractivity contribution in [2.75, 3.05) is 0 Å². The third-order valence-electron chi connectivity index (χ3n) is 3.00. The van der Waals surface area contributed by atoms with Gasteiger partial charge in [0.05, 0.1) is 4.92 Å². The van der Waals surface area contributed by atoms with Gasteiger partial charge in [0.25, 0.3) is 5.69 Å². The number of nitro groups is 1. The van der Waals surface area contributed by atoms with Crippen molar-refractivity contribution in [1.29, 1.82) is 0 Å². The van der Waals surface area contributed by atoms with Gasteiger partial charge in [-0.05, 0) is 24.8 Å². The smallest absolute Gasteiger partial charge is 0.322 e. The lowest BCUT2D eigenvalue weighted by Gasteiger charge is -2.12. The van der Waals surface area contributed by atoms with Crippen molar-refractivity contribution < 1.29 is 23.2 Å². The molecule has 19 heavy (non-hydrogen) atoms. The third kappa shape index (κ3) is 2.43. The number of benzene rings is 1. The molecule has 1 unspecified atom stereocenters. The molecule has 8 heteroatoms. The normalized spacial score (nSPS) is 16.8. The minimum atomic E-state index is -4.25. The van der Waals surface area contributed by atoms with Crippen LogP contribution in [0.3, 0.4) is 0 Å². The SMILES string of the molecule is O=C(O)C(C1CC1)S(=O)(=O)c1ccccc1[N+](=O)[O-]. The number of hydrogen-bond acceptors (Lipinski definition) is 5. The first-order valence-electron chi connectivity index (χ1n) is 5.56. The molecule has 0 aliphatic heterocycles. The molecule has 0 saturated heterocycles. The van der Waals surface area contributed by atoms with E-state index in [1.54, 1.807) is 0 Å². The summed E-state index contributed by atoms with van der Waals surface area (Å²) in [5.74, 6) is -1.91. The fourth-order valence-electron chi connectivity index (χ4n) is 1.97. The largest absolute Gasteiger partial charge is 0.480 e. The van der Waals surface area contributed by atoms with E-state index >= 15 is 0 Å². The molecule has 0 radical (unpaired) electrons. The topological polar surface area (TPSA) is 115 Å². The summed E-state index contributed by atoms with van der Waals surface area (Å²) in [7, 11) is -4.25. The highest BCUT2D eigenvalue weighted by molar-refractivity contribution is 7.93. The molecule has 0 spiro atoms. The lowest BCUT2D eigenvalue weighted by atomic mass is 10.3. The predicted octanol–water partition coefficient (Wildman–Crippen LogP) is 1.23. The maximum absolute atomic E-state index is 12.3. The second-order valence-corrected chi connectivity index (χ2v) is 6.40. The van der Waals surface area contributed by atoms with Gasteiger partial charge < -0.3 is 5.11 Å². The molecule has 0 aromatic heterocycles. The molecule has 1 aliphatic rings. The summed E-state index contributed by atoms with van der Waals surface area (Å²) in [5, 5.41) is 18.3. The van der Waals surface area contributed by atoms with Crippen LogP contribution in [0.5, 0.6) is 0 Å². The number of rotatable bonds is 5. The molecular weight excluding hydrogens is 274 g/mol. The Labute approximate surface area is 108 Å². The van der Waals surface area contributed by atoms with E-state index in [9.17, 15) is 23.3 Å². The molecule has 1 atom stereocenters. The van der Waals surface area contributed by atoms with Gasteiger partial charge in [-0.1, -0.05) is 12.1 Å². The highest BCUT2D eigenvalue weighted by Gasteiger charge is 2.47. The Morgan fingerprint density at radius 2 is 1.95 bits per heavy atom. The number of carboxylic acid groups (broad SMARTS) is 1. The van der Waals surface area contributed by atoms with Crippen molar-refractivity contribution in [2.24, 2.45) is 5.92 Å². The minimum Gasteiger partial charge on any atom is -0.480 e. The van der Waals surface area contributed by atoms with Crippen LogP contribution in [0.25, 0.3) is 0 Å². The molecule has 1 aromatic rings. The number of hydrogen-bond donors (Lipinski definition) is 1. The van der Waals surface area contributed by atoms with Gasteiger partial charge in [-0.15, -0.1) is 0 Å². The zero-order valence-electron chi connectivity index (χ0n) is 9.72. The standard InChI is InChI=1S/C11H11NO6S/c13-11(14)10(7-5-6-7)19(17,18)9-4-2-1-3-8(9)12(15)16/h1-4,7,10H,5-6H2,(H,13,14). The number of nitro benzene ring substituents is 1. The number of carbonyl (C=O) groups is 1. The molecule has 102 valence electrons. The van der Waals surface area contributed by atoms with Crippen LogP contribution in [0.15, 0.2) is 29.2 Å². The third-order valence-corrected chi connectivity index (χ3v) is 5.21. The second kappa shape index (κ2) is 4.61. The maximum atomic E-state index is 12.3. The van der Waals surface area contributed by atoms with Gasteiger partial charge in [-0.25, -0.2) is 8.42 Å². The Bertz CT molecular complexity index is 634. The van der Waals surface area contributed by atoms with E-state index < -0.39 is 42.5 Å². The van der Waals surface area contributed by atoms with Gasteiger partial charge in [0.2, 0.25) is 0 Å². The first-order chi connectivity index (χ1) is 8.85. The first-order valence-corrected chi connectivity index (χ1v) is 7.10.